The molecule has 0 saturated carbocycles. The van der Waals surface area contributed by atoms with Crippen LogP contribution in [0, 0.1) is 13.8 Å². The van der Waals surface area contributed by atoms with E-state index < -0.39 is 12.0 Å². The summed E-state index contributed by atoms with van der Waals surface area (Å²) in [6, 6.07) is 21.9. The Morgan fingerprint density at radius 1 is 0.979 bits per heavy atom. The Morgan fingerprint density at radius 2 is 1.75 bits per heavy atom. The number of nitrogens with zero attached hydrogens (tertiary/aromatic N) is 3. The molecule has 0 bridgehead atoms. The zero-order valence-corrected chi connectivity index (χ0v) is 27.9. The molecule has 2 aliphatic rings. The Hall–Kier alpha value is -5.55. The minimum Gasteiger partial charge on any atom is -0.493 e. The molecule has 2 aliphatic heterocycles. The predicted molar refractivity (Wildman–Crippen MR) is 182 cm³/mol. The molecule has 4 heterocycles. The highest BCUT2D eigenvalue weighted by Gasteiger charge is 2.35. The number of methoxy groups -OCH3 is 2. The van der Waals surface area contributed by atoms with Gasteiger partial charge < -0.3 is 28.3 Å². The second kappa shape index (κ2) is 12.6. The summed E-state index contributed by atoms with van der Waals surface area (Å²) in [6.07, 6.45) is 1.89. The summed E-state index contributed by atoms with van der Waals surface area (Å²) in [4.78, 5) is 33.7. The molecule has 10 nitrogen and oxygen atoms in total. The van der Waals surface area contributed by atoms with E-state index in [9.17, 15) is 9.59 Å². The van der Waals surface area contributed by atoms with Crippen LogP contribution in [0.5, 0.6) is 23.0 Å². The van der Waals surface area contributed by atoms with Crippen molar-refractivity contribution >= 4 is 29.1 Å². The minimum atomic E-state index is -0.849. The van der Waals surface area contributed by atoms with Crippen LogP contribution in [0.1, 0.15) is 41.0 Å². The molecule has 0 unspecified atom stereocenters. The number of thiazole rings is 1. The van der Waals surface area contributed by atoms with E-state index in [0.29, 0.717) is 43.6 Å². The normalized spacial score (nSPS) is 15.3. The van der Waals surface area contributed by atoms with E-state index in [1.54, 1.807) is 37.8 Å². The highest BCUT2D eigenvalue weighted by atomic mass is 32.1. The SMILES string of the molecule is CCOC(=O)C1=C(c2ccccc2)N=c2s/c(=C/c3cc(C)n(-c4ccc5c(c4)OCO5)c3C)c(=O)n2[C@@H]1c1ccc(OC)c(OC)c1. The molecule has 0 fully saturated rings. The van der Waals surface area contributed by atoms with Gasteiger partial charge in [0.25, 0.3) is 5.56 Å². The lowest BCUT2D eigenvalue weighted by molar-refractivity contribution is -0.138. The lowest BCUT2D eigenvalue weighted by Crippen LogP contribution is -2.40. The third kappa shape index (κ3) is 5.26. The summed E-state index contributed by atoms with van der Waals surface area (Å²) in [7, 11) is 3.10. The average Bonchev–Trinajstić information content (AvgIpc) is 3.78. The fraction of sp³-hybridized carbons (Fsp3) is 0.216. The summed E-state index contributed by atoms with van der Waals surface area (Å²) >= 11 is 1.27. The molecule has 11 heteroatoms. The number of aryl methyl sites for hydroxylation is 1. The van der Waals surface area contributed by atoms with Gasteiger partial charge in [-0.3, -0.25) is 9.36 Å². The van der Waals surface area contributed by atoms with Crippen molar-refractivity contribution in [3.8, 4) is 28.7 Å². The number of carbonyl (C=O) groups excluding carboxylic acids is 1. The van der Waals surface area contributed by atoms with Crippen LogP contribution in [0.4, 0.5) is 0 Å². The number of benzene rings is 3. The van der Waals surface area contributed by atoms with E-state index in [1.807, 2.05) is 80.6 Å². The average molecular weight is 664 g/mol. The number of esters is 1. The first-order valence-corrected chi connectivity index (χ1v) is 16.2. The molecule has 0 saturated heterocycles. The lowest BCUT2D eigenvalue weighted by Gasteiger charge is -2.26. The summed E-state index contributed by atoms with van der Waals surface area (Å²) in [5.74, 6) is 1.84. The number of fused-ring (bicyclic) bond motifs is 2. The molecular weight excluding hydrogens is 630 g/mol. The van der Waals surface area contributed by atoms with Gasteiger partial charge in [0.2, 0.25) is 6.79 Å². The monoisotopic (exact) mass is 663 g/mol. The maximum Gasteiger partial charge on any atom is 0.338 e. The standard InChI is InChI=1S/C37H33N3O7S/c1-6-45-36(42)32-33(23-10-8-7-9-11-23)38-37-40(34(32)24-12-14-27(43-4)29(17-24)44-5)35(41)31(48-37)18-25-16-21(2)39(22(25)3)26-13-15-28-30(19-26)47-20-46-28/h7-19,34H,6,20H2,1-5H3/b31-18+/t34-/m1/s1. The van der Waals surface area contributed by atoms with Crippen LogP contribution in [0.2, 0.25) is 0 Å². The predicted octanol–water partition coefficient (Wildman–Crippen LogP) is 5.09. The Labute approximate surface area is 280 Å². The van der Waals surface area contributed by atoms with Crippen molar-refractivity contribution in [2.75, 3.05) is 27.6 Å². The molecule has 5 aromatic rings. The van der Waals surface area contributed by atoms with Gasteiger partial charge in [-0.05, 0) is 68.3 Å². The summed E-state index contributed by atoms with van der Waals surface area (Å²) < 4.78 is 32.0. The molecule has 48 heavy (non-hydrogen) atoms. The highest BCUT2D eigenvalue weighted by molar-refractivity contribution is 7.07. The molecule has 1 atom stereocenters. The third-order valence-electron chi connectivity index (χ3n) is 8.47. The number of rotatable bonds is 8. The zero-order chi connectivity index (χ0) is 33.5. The summed E-state index contributed by atoms with van der Waals surface area (Å²) in [6.45, 7) is 6.14. The second-order valence-electron chi connectivity index (χ2n) is 11.2. The van der Waals surface area contributed by atoms with Crippen LogP contribution in [-0.4, -0.2) is 42.7 Å². The fourth-order valence-corrected chi connectivity index (χ4v) is 7.27. The van der Waals surface area contributed by atoms with Gasteiger partial charge in [0.05, 0.1) is 42.7 Å². The highest BCUT2D eigenvalue weighted by Crippen LogP contribution is 2.39. The van der Waals surface area contributed by atoms with Crippen LogP contribution in [0.3, 0.4) is 0 Å². The number of hydrogen-bond donors (Lipinski definition) is 0. The Kier molecular flexibility index (Phi) is 8.14. The van der Waals surface area contributed by atoms with E-state index in [0.717, 1.165) is 28.2 Å². The third-order valence-corrected chi connectivity index (χ3v) is 9.45. The van der Waals surface area contributed by atoms with Crippen LogP contribution in [0.25, 0.3) is 17.5 Å². The maximum absolute atomic E-state index is 14.5. The van der Waals surface area contributed by atoms with E-state index in [-0.39, 0.29) is 24.5 Å². The smallest absolute Gasteiger partial charge is 0.338 e. The van der Waals surface area contributed by atoms with Crippen molar-refractivity contribution in [1.29, 1.82) is 0 Å². The summed E-state index contributed by atoms with van der Waals surface area (Å²) in [5, 5.41) is 0. The maximum atomic E-state index is 14.5. The van der Waals surface area contributed by atoms with Gasteiger partial charge in [-0.1, -0.05) is 47.7 Å². The van der Waals surface area contributed by atoms with Gasteiger partial charge in [-0.15, -0.1) is 0 Å². The largest absolute Gasteiger partial charge is 0.493 e. The Bertz CT molecular complexity index is 2280. The zero-order valence-electron chi connectivity index (χ0n) is 27.1. The van der Waals surface area contributed by atoms with E-state index in [2.05, 4.69) is 4.57 Å². The molecule has 0 N–H and O–H groups in total. The molecule has 0 radical (unpaired) electrons. The van der Waals surface area contributed by atoms with Crippen molar-refractivity contribution in [2.45, 2.75) is 26.8 Å². The lowest BCUT2D eigenvalue weighted by atomic mass is 9.93. The molecule has 3 aromatic carbocycles. The van der Waals surface area contributed by atoms with Crippen molar-refractivity contribution < 1.29 is 28.5 Å². The minimum absolute atomic E-state index is 0.159. The fourth-order valence-electron chi connectivity index (χ4n) is 6.28. The van der Waals surface area contributed by atoms with Gasteiger partial charge in [-0.2, -0.15) is 0 Å². The number of ether oxygens (including phenoxy) is 5. The molecule has 0 amide bonds. The van der Waals surface area contributed by atoms with E-state index in [1.165, 1.54) is 11.3 Å². The quantitative estimate of drug-likeness (QED) is 0.213. The summed E-state index contributed by atoms with van der Waals surface area (Å²) in [5.41, 5.74) is 5.55. The molecular formula is C37H33N3O7S. The van der Waals surface area contributed by atoms with E-state index >= 15 is 0 Å². The van der Waals surface area contributed by atoms with Gasteiger partial charge in [0.15, 0.2) is 27.8 Å². The Balaban J connectivity index is 1.45. The van der Waals surface area contributed by atoms with Crippen LogP contribution < -0.4 is 33.8 Å². The van der Waals surface area contributed by atoms with Gasteiger partial charge >= 0.3 is 5.97 Å². The van der Waals surface area contributed by atoms with Gasteiger partial charge in [0.1, 0.15) is 0 Å². The van der Waals surface area contributed by atoms with Gasteiger partial charge in [-0.25, -0.2) is 9.79 Å². The molecule has 0 spiro atoms. The van der Waals surface area contributed by atoms with Gasteiger partial charge in [0, 0.05) is 28.7 Å². The topological polar surface area (TPSA) is 103 Å². The van der Waals surface area contributed by atoms with Crippen molar-refractivity contribution in [3.63, 3.8) is 0 Å². The Morgan fingerprint density at radius 3 is 2.50 bits per heavy atom. The van der Waals surface area contributed by atoms with Crippen molar-refractivity contribution in [1.82, 2.24) is 9.13 Å². The van der Waals surface area contributed by atoms with Crippen molar-refractivity contribution in [3.05, 3.63) is 126 Å². The molecule has 244 valence electrons. The number of aromatic nitrogens is 2. The second-order valence-corrected chi connectivity index (χ2v) is 12.3. The first kappa shape index (κ1) is 31.1. The first-order valence-electron chi connectivity index (χ1n) is 15.4. The van der Waals surface area contributed by atoms with E-state index in [4.69, 9.17) is 28.7 Å². The molecule has 0 aliphatic carbocycles. The van der Waals surface area contributed by atoms with Crippen LogP contribution in [0.15, 0.2) is 88.2 Å². The van der Waals surface area contributed by atoms with Crippen molar-refractivity contribution in [2.24, 2.45) is 4.99 Å². The number of carbonyl (C=O) groups is 1. The van der Waals surface area contributed by atoms with Crippen LogP contribution in [-0.2, 0) is 9.53 Å². The first-order chi connectivity index (χ1) is 23.3. The number of hydrogen-bond acceptors (Lipinski definition) is 9. The molecule has 7 rings (SSSR count). The van der Waals surface area contributed by atoms with Crippen LogP contribution >= 0.6 is 11.3 Å². The molecule has 2 aromatic heterocycles.